The third-order valence-electron chi connectivity index (χ3n) is 7.81. The molecule has 1 saturated carbocycles. The summed E-state index contributed by atoms with van der Waals surface area (Å²) in [6.07, 6.45) is 5.01. The Labute approximate surface area is 230 Å². The molecule has 1 aliphatic carbocycles. The molecular weight excluding hydrogens is 550 g/mol. The Morgan fingerprint density at radius 2 is 1.74 bits per heavy atom. The van der Waals surface area contributed by atoms with Crippen LogP contribution in [0.5, 0.6) is 0 Å². The molecule has 1 aromatic carbocycles. The first-order valence-corrected chi connectivity index (χ1v) is 15.6. The summed E-state index contributed by atoms with van der Waals surface area (Å²) in [4.78, 5) is 40.1. The van der Waals surface area contributed by atoms with Gasteiger partial charge in [-0.15, -0.1) is 11.3 Å². The molecule has 12 heteroatoms. The Hall–Kier alpha value is -2.70. The SMILES string of the molecule is CS(=O)(=O)c1ccc(C(=O)OC2(C(N)=O)CCC(CCN3CCC(C(=O)c4ccc(F)cc4F)CC3)CC2)s1. The van der Waals surface area contributed by atoms with Crippen LogP contribution in [-0.4, -0.2) is 62.5 Å². The number of likely N-dealkylation sites (tertiary alicyclic amines) is 1. The molecule has 2 heterocycles. The molecule has 2 aromatic rings. The van der Waals surface area contributed by atoms with E-state index < -0.39 is 38.9 Å². The van der Waals surface area contributed by atoms with Crippen molar-refractivity contribution in [2.24, 2.45) is 17.6 Å². The lowest BCUT2D eigenvalue weighted by Crippen LogP contribution is -2.50. The summed E-state index contributed by atoms with van der Waals surface area (Å²) in [6.45, 7) is 2.21. The number of hydrogen-bond donors (Lipinski definition) is 1. The predicted molar refractivity (Wildman–Crippen MR) is 141 cm³/mol. The van der Waals surface area contributed by atoms with Gasteiger partial charge in [-0.3, -0.25) is 9.59 Å². The van der Waals surface area contributed by atoms with Crippen molar-refractivity contribution in [3.63, 3.8) is 0 Å². The average molecular weight is 583 g/mol. The van der Waals surface area contributed by atoms with Gasteiger partial charge in [0.25, 0.3) is 5.91 Å². The van der Waals surface area contributed by atoms with E-state index in [-0.39, 0.29) is 26.4 Å². The Balaban J connectivity index is 1.25. The second kappa shape index (κ2) is 11.8. The van der Waals surface area contributed by atoms with E-state index in [9.17, 15) is 31.6 Å². The molecule has 1 aliphatic heterocycles. The van der Waals surface area contributed by atoms with Gasteiger partial charge in [0.15, 0.2) is 21.2 Å². The number of primary amides is 1. The maximum absolute atomic E-state index is 14.0. The van der Waals surface area contributed by atoms with Crippen LogP contribution in [0.3, 0.4) is 0 Å². The number of Topliss-reactive ketones (excluding diaryl/α,β-unsaturated/α-hetero) is 1. The maximum atomic E-state index is 14.0. The van der Waals surface area contributed by atoms with Gasteiger partial charge in [-0.05, 0) is 94.8 Å². The van der Waals surface area contributed by atoms with E-state index in [1.165, 1.54) is 18.2 Å². The highest BCUT2D eigenvalue weighted by Gasteiger charge is 2.44. The number of sulfone groups is 1. The number of rotatable bonds is 9. The van der Waals surface area contributed by atoms with Crippen LogP contribution in [0.1, 0.15) is 65.0 Å². The summed E-state index contributed by atoms with van der Waals surface area (Å²) in [7, 11) is -3.46. The third-order valence-corrected chi connectivity index (χ3v) is 10.7. The van der Waals surface area contributed by atoms with Crippen molar-refractivity contribution in [1.82, 2.24) is 4.90 Å². The van der Waals surface area contributed by atoms with Gasteiger partial charge >= 0.3 is 5.97 Å². The lowest BCUT2D eigenvalue weighted by molar-refractivity contribution is -0.141. The zero-order valence-electron chi connectivity index (χ0n) is 21.7. The first-order chi connectivity index (χ1) is 18.4. The van der Waals surface area contributed by atoms with E-state index in [0.717, 1.165) is 42.7 Å². The molecule has 0 bridgehead atoms. The number of benzene rings is 1. The fourth-order valence-electron chi connectivity index (χ4n) is 5.38. The van der Waals surface area contributed by atoms with E-state index in [4.69, 9.17) is 10.5 Å². The lowest BCUT2D eigenvalue weighted by Gasteiger charge is -2.38. The molecule has 0 unspecified atom stereocenters. The molecule has 1 saturated heterocycles. The highest BCUT2D eigenvalue weighted by molar-refractivity contribution is 7.92. The number of halogens is 2. The third kappa shape index (κ3) is 6.90. The van der Waals surface area contributed by atoms with Gasteiger partial charge in [-0.2, -0.15) is 0 Å². The highest BCUT2D eigenvalue weighted by atomic mass is 32.2. The fourth-order valence-corrected chi connectivity index (χ4v) is 7.19. The van der Waals surface area contributed by atoms with Crippen molar-refractivity contribution < 1.29 is 36.3 Å². The van der Waals surface area contributed by atoms with Gasteiger partial charge < -0.3 is 15.4 Å². The molecule has 1 amide bonds. The van der Waals surface area contributed by atoms with Gasteiger partial charge in [0.1, 0.15) is 20.7 Å². The summed E-state index contributed by atoms with van der Waals surface area (Å²) in [6, 6.07) is 5.75. The molecule has 1 aromatic heterocycles. The summed E-state index contributed by atoms with van der Waals surface area (Å²) < 4.78 is 56.2. The minimum Gasteiger partial charge on any atom is -0.445 e. The number of thiophene rings is 1. The number of carbonyl (C=O) groups is 3. The molecule has 4 rings (SSSR count). The molecule has 2 fully saturated rings. The number of piperidine rings is 1. The largest absolute Gasteiger partial charge is 0.445 e. The Morgan fingerprint density at radius 1 is 1.08 bits per heavy atom. The van der Waals surface area contributed by atoms with E-state index in [1.54, 1.807) is 0 Å². The predicted octanol–water partition coefficient (Wildman–Crippen LogP) is 3.99. The lowest BCUT2D eigenvalue weighted by atomic mass is 9.77. The van der Waals surface area contributed by atoms with Gasteiger partial charge in [0, 0.05) is 18.2 Å². The summed E-state index contributed by atoms with van der Waals surface area (Å²) in [5, 5.41) is 0. The molecule has 0 spiro atoms. The number of amides is 1. The minimum absolute atomic E-state index is 0.0438. The Kier molecular flexibility index (Phi) is 8.87. The number of ketones is 1. The molecule has 39 heavy (non-hydrogen) atoms. The van der Waals surface area contributed by atoms with E-state index in [2.05, 4.69) is 4.90 Å². The summed E-state index contributed by atoms with van der Waals surface area (Å²) >= 11 is 0.798. The average Bonchev–Trinajstić information content (AvgIpc) is 3.40. The van der Waals surface area contributed by atoms with Crippen molar-refractivity contribution in [3.8, 4) is 0 Å². The second-order valence-corrected chi connectivity index (χ2v) is 13.8. The number of esters is 1. The molecule has 0 radical (unpaired) electrons. The van der Waals surface area contributed by atoms with E-state index in [0.29, 0.717) is 57.5 Å². The maximum Gasteiger partial charge on any atom is 0.349 e. The van der Waals surface area contributed by atoms with Crippen LogP contribution in [0.4, 0.5) is 8.78 Å². The van der Waals surface area contributed by atoms with Crippen LogP contribution in [0.2, 0.25) is 0 Å². The van der Waals surface area contributed by atoms with Crippen molar-refractivity contribution in [2.45, 2.75) is 54.8 Å². The monoisotopic (exact) mass is 582 g/mol. The van der Waals surface area contributed by atoms with E-state index >= 15 is 0 Å². The molecule has 0 atom stereocenters. The Morgan fingerprint density at radius 3 is 2.31 bits per heavy atom. The van der Waals surface area contributed by atoms with E-state index in [1.807, 2.05) is 0 Å². The van der Waals surface area contributed by atoms with Crippen LogP contribution >= 0.6 is 11.3 Å². The van der Waals surface area contributed by atoms with Crippen LogP contribution in [0.25, 0.3) is 0 Å². The molecular formula is C27H32F2N2O6S2. The van der Waals surface area contributed by atoms with Crippen molar-refractivity contribution in [1.29, 1.82) is 0 Å². The molecule has 2 aliphatic rings. The van der Waals surface area contributed by atoms with Crippen LogP contribution in [-0.2, 0) is 19.4 Å². The van der Waals surface area contributed by atoms with Gasteiger partial charge in [-0.1, -0.05) is 0 Å². The van der Waals surface area contributed by atoms with Crippen molar-refractivity contribution in [2.75, 3.05) is 25.9 Å². The quantitative estimate of drug-likeness (QED) is 0.350. The van der Waals surface area contributed by atoms with Gasteiger partial charge in [0.05, 0.1) is 5.56 Å². The Bertz CT molecular complexity index is 1340. The first-order valence-electron chi connectivity index (χ1n) is 12.9. The number of hydrogen-bond acceptors (Lipinski definition) is 8. The zero-order valence-corrected chi connectivity index (χ0v) is 23.3. The highest BCUT2D eigenvalue weighted by Crippen LogP contribution is 2.38. The number of nitrogens with zero attached hydrogens (tertiary/aromatic N) is 1. The topological polar surface area (TPSA) is 124 Å². The van der Waals surface area contributed by atoms with Crippen LogP contribution in [0, 0.1) is 23.5 Å². The minimum atomic E-state index is -3.46. The van der Waals surface area contributed by atoms with Crippen molar-refractivity contribution >= 4 is 38.8 Å². The zero-order chi connectivity index (χ0) is 28.4. The summed E-state index contributed by atoms with van der Waals surface area (Å²) in [5.41, 5.74) is 4.17. The second-order valence-electron chi connectivity index (χ2n) is 10.5. The normalized spacial score (nSPS) is 22.9. The summed E-state index contributed by atoms with van der Waals surface area (Å²) in [5.74, 6) is -3.28. The smallest absolute Gasteiger partial charge is 0.349 e. The number of nitrogens with two attached hydrogens (primary N) is 1. The molecule has 8 nitrogen and oxygen atoms in total. The molecule has 212 valence electrons. The standard InChI is InChI=1S/C27H32F2N2O6S2/c1-39(35,36)23-5-4-22(38-23)25(33)37-27(26(30)34)11-6-17(7-12-27)8-13-31-14-9-18(10-15-31)24(32)20-3-2-19(28)16-21(20)29/h2-5,16-18H,6-15H2,1H3,(H2,30,34). The van der Waals surface area contributed by atoms with Gasteiger partial charge in [-0.25, -0.2) is 22.0 Å². The van der Waals surface area contributed by atoms with Crippen LogP contribution in [0.15, 0.2) is 34.5 Å². The van der Waals surface area contributed by atoms with Crippen molar-refractivity contribution in [3.05, 3.63) is 52.4 Å². The number of ether oxygens (including phenoxy) is 1. The van der Waals surface area contributed by atoms with Crippen LogP contribution < -0.4 is 5.73 Å². The fraction of sp³-hybridized carbons (Fsp3) is 0.519. The number of carbonyl (C=O) groups excluding carboxylic acids is 3. The first kappa shape index (κ1) is 29.3. The van der Waals surface area contributed by atoms with Gasteiger partial charge in [0.2, 0.25) is 0 Å². The molecule has 2 N–H and O–H groups in total.